The topological polar surface area (TPSA) is 108 Å². The predicted molar refractivity (Wildman–Crippen MR) is 367 cm³/mol. The Morgan fingerprint density at radius 3 is 0.628 bits per heavy atom. The number of hydrogen-bond donors (Lipinski definition) is 0. The number of carbonyl (C=O) groups excluding carboxylic acids is 4. The molecule has 0 aliphatic carbocycles. The van der Waals surface area contributed by atoms with Crippen LogP contribution in [0, 0.1) is 0 Å². The molecule has 0 aliphatic heterocycles. The van der Waals surface area contributed by atoms with E-state index in [0.717, 1.165) is 64.3 Å². The number of hydrogen-bond acceptors (Lipinski definition) is 9. The highest BCUT2D eigenvalue weighted by atomic mass is 16.5. The van der Waals surface area contributed by atoms with E-state index in [9.17, 15) is 19.2 Å². The zero-order valence-corrected chi connectivity index (χ0v) is 58.5. The second-order valence-electron chi connectivity index (χ2n) is 26.8. The first-order chi connectivity index (χ1) is 42.2. The van der Waals surface area contributed by atoms with Crippen molar-refractivity contribution in [2.45, 2.75) is 394 Å². The van der Waals surface area contributed by atoms with Crippen LogP contribution in [0.15, 0.2) is 0 Å². The summed E-state index contributed by atoms with van der Waals surface area (Å²) in [7, 11) is 2.14. The SMILES string of the molecule is CCCCCCCCCCCCCCCOC(=O)CCN(CCC[N+](C)(CCC(=O)OCCCCCCCCCCCCCCC)CCC(=O)OCCCCCCCCCCCCCCC)CCC(=O)OCCCCCCCCCCCCCCC. The van der Waals surface area contributed by atoms with Gasteiger partial charge in [-0.2, -0.15) is 0 Å². The standard InChI is InChI=1S/C76H149N2O8/c1-6-10-14-18-22-26-30-34-38-42-46-50-54-69-83-73(79)59-64-77(65-60-74(80)84-70-55-51-47-43-39-35-31-27-23-19-15-11-7-2)63-58-66-78(5,67-61-75(81)85-71-56-52-48-44-40-36-32-28-24-20-16-12-8-3)68-62-76(82)86-72-57-53-49-45-41-37-33-29-25-21-17-13-9-4/h6-72H2,1-5H3/q+1. The quantitative estimate of drug-likeness (QED) is 0.0255. The van der Waals surface area contributed by atoms with E-state index in [0.29, 0.717) is 76.5 Å². The number of unbranched alkanes of at least 4 members (excludes halogenated alkanes) is 48. The van der Waals surface area contributed by atoms with Gasteiger partial charge in [-0.15, -0.1) is 0 Å². The Morgan fingerprint density at radius 2 is 0.419 bits per heavy atom. The summed E-state index contributed by atoms with van der Waals surface area (Å²) < 4.78 is 23.5. The van der Waals surface area contributed by atoms with E-state index < -0.39 is 0 Å². The molecular weight excluding hydrogens is 1070 g/mol. The minimum atomic E-state index is -0.186. The molecule has 0 saturated carbocycles. The van der Waals surface area contributed by atoms with Gasteiger partial charge in [0.2, 0.25) is 0 Å². The van der Waals surface area contributed by atoms with E-state index in [1.54, 1.807) is 0 Å². The molecule has 0 saturated heterocycles. The van der Waals surface area contributed by atoms with Gasteiger partial charge in [0.15, 0.2) is 0 Å². The first-order valence-corrected chi connectivity index (χ1v) is 38.4. The third-order valence-electron chi connectivity index (χ3n) is 18.2. The number of esters is 4. The van der Waals surface area contributed by atoms with Crippen LogP contribution in [-0.4, -0.2) is 106 Å². The molecule has 0 aromatic heterocycles. The van der Waals surface area contributed by atoms with Crippen molar-refractivity contribution in [2.75, 3.05) is 72.7 Å². The molecular formula is C76H149N2O8+. The fourth-order valence-corrected chi connectivity index (χ4v) is 12.1. The Bertz CT molecular complexity index is 1330. The Kier molecular flexibility index (Phi) is 66.9. The number of quaternary nitrogens is 1. The Hall–Kier alpha value is -2.20. The van der Waals surface area contributed by atoms with Gasteiger partial charge in [0.1, 0.15) is 0 Å². The lowest BCUT2D eigenvalue weighted by atomic mass is 10.0. The highest BCUT2D eigenvalue weighted by Crippen LogP contribution is 2.18. The molecule has 0 aromatic rings. The fourth-order valence-electron chi connectivity index (χ4n) is 12.1. The van der Waals surface area contributed by atoms with Crippen LogP contribution in [0.4, 0.5) is 0 Å². The van der Waals surface area contributed by atoms with Gasteiger partial charge in [-0.25, -0.2) is 0 Å². The fraction of sp³-hybridized carbons (Fsp3) is 0.947. The van der Waals surface area contributed by atoms with Crippen molar-refractivity contribution in [2.24, 2.45) is 0 Å². The smallest absolute Gasteiger partial charge is 0.311 e. The summed E-state index contributed by atoms with van der Waals surface area (Å²) in [5.41, 5.74) is 0. The van der Waals surface area contributed by atoms with Gasteiger partial charge in [-0.3, -0.25) is 19.2 Å². The molecule has 0 aromatic carbocycles. The lowest BCUT2D eigenvalue weighted by Gasteiger charge is -2.35. The average Bonchev–Trinajstić information content (AvgIpc) is 3.70. The maximum Gasteiger partial charge on any atom is 0.311 e. The molecule has 0 spiro atoms. The zero-order valence-electron chi connectivity index (χ0n) is 58.5. The van der Waals surface area contributed by atoms with Crippen molar-refractivity contribution in [3.8, 4) is 0 Å². The molecule has 86 heavy (non-hydrogen) atoms. The van der Waals surface area contributed by atoms with Crippen LogP contribution in [0.25, 0.3) is 0 Å². The number of nitrogens with zero attached hydrogens (tertiary/aromatic N) is 2. The molecule has 0 fully saturated rings. The molecule has 0 rings (SSSR count). The second-order valence-corrected chi connectivity index (χ2v) is 26.8. The molecule has 0 unspecified atom stereocenters. The maximum atomic E-state index is 13.2. The first-order valence-electron chi connectivity index (χ1n) is 38.4. The summed E-state index contributed by atoms with van der Waals surface area (Å²) >= 11 is 0. The zero-order chi connectivity index (χ0) is 62.6. The molecule has 10 heteroatoms. The normalized spacial score (nSPS) is 11.7. The molecule has 0 N–H and O–H groups in total. The van der Waals surface area contributed by atoms with Gasteiger partial charge in [0, 0.05) is 26.1 Å². The van der Waals surface area contributed by atoms with E-state index in [1.165, 1.54) is 283 Å². The largest absolute Gasteiger partial charge is 0.466 e. The third kappa shape index (κ3) is 64.8. The Balaban J connectivity index is 5.30. The Morgan fingerprint density at radius 1 is 0.233 bits per heavy atom. The van der Waals surface area contributed by atoms with Crippen molar-refractivity contribution >= 4 is 23.9 Å². The molecule has 510 valence electrons. The maximum absolute atomic E-state index is 13.2. The summed E-state index contributed by atoms with van der Waals surface area (Å²) in [5, 5.41) is 0. The van der Waals surface area contributed by atoms with Crippen LogP contribution in [-0.2, 0) is 38.1 Å². The van der Waals surface area contributed by atoms with E-state index >= 15 is 0 Å². The highest BCUT2D eigenvalue weighted by Gasteiger charge is 2.26. The molecule has 0 radical (unpaired) electrons. The molecule has 10 nitrogen and oxygen atoms in total. The summed E-state index contributed by atoms with van der Waals surface area (Å²) in [6, 6.07) is 0. The van der Waals surface area contributed by atoms with Gasteiger partial charge < -0.3 is 28.3 Å². The van der Waals surface area contributed by atoms with Crippen LogP contribution >= 0.6 is 0 Å². The van der Waals surface area contributed by atoms with Crippen LogP contribution in [0.5, 0.6) is 0 Å². The molecule has 0 amide bonds. The summed E-state index contributed by atoms with van der Waals surface area (Å²) in [6.07, 6.45) is 68.4. The van der Waals surface area contributed by atoms with Crippen molar-refractivity contribution in [3.05, 3.63) is 0 Å². The van der Waals surface area contributed by atoms with Gasteiger partial charge in [0.25, 0.3) is 0 Å². The van der Waals surface area contributed by atoms with Crippen molar-refractivity contribution in [1.82, 2.24) is 4.90 Å². The van der Waals surface area contributed by atoms with Crippen LogP contribution < -0.4 is 0 Å². The van der Waals surface area contributed by atoms with Crippen molar-refractivity contribution in [3.63, 3.8) is 0 Å². The lowest BCUT2D eigenvalue weighted by Crippen LogP contribution is -2.48. The summed E-state index contributed by atoms with van der Waals surface area (Å²) in [6.45, 7) is 14.5. The van der Waals surface area contributed by atoms with E-state index in [2.05, 4.69) is 39.6 Å². The van der Waals surface area contributed by atoms with Crippen LogP contribution in [0.3, 0.4) is 0 Å². The molecule has 0 bridgehead atoms. The molecule has 0 aliphatic rings. The number of rotatable bonds is 72. The van der Waals surface area contributed by atoms with Gasteiger partial charge in [-0.05, 0) is 25.7 Å². The first kappa shape index (κ1) is 83.8. The van der Waals surface area contributed by atoms with Gasteiger partial charge >= 0.3 is 23.9 Å². The highest BCUT2D eigenvalue weighted by molar-refractivity contribution is 5.70. The number of carbonyl (C=O) groups is 4. The lowest BCUT2D eigenvalue weighted by molar-refractivity contribution is -0.908. The van der Waals surface area contributed by atoms with Crippen LogP contribution in [0.2, 0.25) is 0 Å². The van der Waals surface area contributed by atoms with E-state index in [-0.39, 0.29) is 36.7 Å². The van der Waals surface area contributed by atoms with Gasteiger partial charge in [0.05, 0.1) is 78.8 Å². The third-order valence-corrected chi connectivity index (χ3v) is 18.2. The summed E-state index contributed by atoms with van der Waals surface area (Å²) in [5.74, 6) is -0.715. The molecule has 0 heterocycles. The van der Waals surface area contributed by atoms with E-state index in [1.807, 2.05) is 0 Å². The monoisotopic (exact) mass is 1220 g/mol. The number of ether oxygens (including phenoxy) is 4. The molecule has 0 atom stereocenters. The van der Waals surface area contributed by atoms with Crippen molar-refractivity contribution in [1.29, 1.82) is 0 Å². The van der Waals surface area contributed by atoms with Crippen molar-refractivity contribution < 1.29 is 42.6 Å². The minimum absolute atomic E-state index is 0.172. The minimum Gasteiger partial charge on any atom is -0.466 e. The van der Waals surface area contributed by atoms with Gasteiger partial charge in [-0.1, -0.05) is 336 Å². The Labute approximate surface area is 535 Å². The second kappa shape index (κ2) is 68.7. The average molecular weight is 1220 g/mol. The summed E-state index contributed by atoms with van der Waals surface area (Å²) in [4.78, 5) is 54.8. The van der Waals surface area contributed by atoms with E-state index in [4.69, 9.17) is 18.9 Å². The van der Waals surface area contributed by atoms with Crippen LogP contribution in [0.1, 0.15) is 394 Å². The predicted octanol–water partition coefficient (Wildman–Crippen LogP) is 22.2.